The van der Waals surface area contributed by atoms with Crippen molar-refractivity contribution >= 4 is 11.6 Å². The zero-order valence-corrected chi connectivity index (χ0v) is 16.0. The van der Waals surface area contributed by atoms with E-state index >= 15 is 0 Å². The van der Waals surface area contributed by atoms with Crippen molar-refractivity contribution < 1.29 is 14.3 Å². The summed E-state index contributed by atoms with van der Waals surface area (Å²) in [5.41, 5.74) is 2.86. The van der Waals surface area contributed by atoms with E-state index < -0.39 is 0 Å². The largest absolute Gasteiger partial charge is 0.493 e. The highest BCUT2D eigenvalue weighted by molar-refractivity contribution is 5.91. The molecule has 0 aliphatic rings. The van der Waals surface area contributed by atoms with Crippen molar-refractivity contribution in [1.82, 2.24) is 5.32 Å². The van der Waals surface area contributed by atoms with Gasteiger partial charge >= 0.3 is 0 Å². The Bertz CT molecular complexity index is 714. The number of aryl methyl sites for hydroxylation is 1. The lowest BCUT2D eigenvalue weighted by atomic mass is 10.1. The molecular weight excluding hydrogens is 328 g/mol. The van der Waals surface area contributed by atoms with E-state index in [1.807, 2.05) is 49.4 Å². The molecule has 0 bridgehead atoms. The van der Waals surface area contributed by atoms with E-state index in [2.05, 4.69) is 24.5 Å². The van der Waals surface area contributed by atoms with Crippen LogP contribution >= 0.6 is 0 Å². The summed E-state index contributed by atoms with van der Waals surface area (Å²) in [4.78, 5) is 12.2. The number of hydrogen-bond acceptors (Lipinski definition) is 4. The number of benzene rings is 2. The minimum atomic E-state index is -0.208. The van der Waals surface area contributed by atoms with Crippen LogP contribution in [-0.4, -0.2) is 25.7 Å². The van der Waals surface area contributed by atoms with Gasteiger partial charge in [-0.2, -0.15) is 0 Å². The molecule has 0 aliphatic carbocycles. The summed E-state index contributed by atoms with van der Waals surface area (Å²) in [5.74, 6) is 1.02. The van der Waals surface area contributed by atoms with Gasteiger partial charge in [-0.1, -0.05) is 36.8 Å². The van der Waals surface area contributed by atoms with E-state index in [1.54, 1.807) is 7.11 Å². The molecule has 5 heteroatoms. The summed E-state index contributed by atoms with van der Waals surface area (Å²) in [6, 6.07) is 13.8. The lowest BCUT2D eigenvalue weighted by molar-refractivity contribution is -0.118. The second-order valence-electron chi connectivity index (χ2n) is 6.34. The summed E-state index contributed by atoms with van der Waals surface area (Å²) in [7, 11) is 1.60. The third-order valence-corrected chi connectivity index (χ3v) is 4.22. The zero-order chi connectivity index (χ0) is 18.9. The molecule has 2 rings (SSSR count). The van der Waals surface area contributed by atoms with Crippen LogP contribution in [0.4, 0.5) is 5.69 Å². The molecular formula is C21H28N2O3. The molecule has 2 N–H and O–H groups in total. The highest BCUT2D eigenvalue weighted by Gasteiger charge is 2.13. The summed E-state index contributed by atoms with van der Waals surface area (Å²) in [6.07, 6.45) is 1.04. The number of anilines is 1. The Balaban J connectivity index is 2.02. The minimum absolute atomic E-state index is 0.0788. The Kier molecular flexibility index (Phi) is 7.48. The van der Waals surface area contributed by atoms with E-state index in [9.17, 15) is 4.79 Å². The monoisotopic (exact) mass is 356 g/mol. The van der Waals surface area contributed by atoms with Crippen molar-refractivity contribution in [3.05, 3.63) is 53.6 Å². The van der Waals surface area contributed by atoms with Gasteiger partial charge < -0.3 is 20.1 Å². The fourth-order valence-corrected chi connectivity index (χ4v) is 2.43. The molecule has 0 fully saturated rings. The van der Waals surface area contributed by atoms with Gasteiger partial charge in [-0.25, -0.2) is 0 Å². The van der Waals surface area contributed by atoms with E-state index in [4.69, 9.17) is 9.47 Å². The number of rotatable bonds is 9. The van der Waals surface area contributed by atoms with Gasteiger partial charge in [-0.05, 0) is 38.5 Å². The van der Waals surface area contributed by atoms with Crippen molar-refractivity contribution in [3.63, 3.8) is 0 Å². The fourth-order valence-electron chi connectivity index (χ4n) is 2.43. The number of nitrogens with one attached hydrogen (secondary N) is 2. The third-order valence-electron chi connectivity index (χ3n) is 4.22. The normalized spacial score (nSPS) is 11.7. The molecule has 0 saturated carbocycles. The molecule has 0 spiro atoms. The average molecular weight is 356 g/mol. The summed E-state index contributed by atoms with van der Waals surface area (Å²) in [6.45, 7) is 6.85. The highest BCUT2D eigenvalue weighted by Crippen LogP contribution is 2.31. The van der Waals surface area contributed by atoms with Crippen LogP contribution in [0.3, 0.4) is 0 Å². The summed E-state index contributed by atoms with van der Waals surface area (Å²) < 4.78 is 11.2. The Morgan fingerprint density at radius 2 is 1.88 bits per heavy atom. The van der Waals surface area contributed by atoms with E-state index in [1.165, 1.54) is 0 Å². The topological polar surface area (TPSA) is 59.6 Å². The van der Waals surface area contributed by atoms with Crippen LogP contribution in [0.2, 0.25) is 0 Å². The molecule has 0 saturated heterocycles. The Labute approximate surface area is 155 Å². The predicted molar refractivity (Wildman–Crippen MR) is 105 cm³/mol. The van der Waals surface area contributed by atoms with Gasteiger partial charge in [0.2, 0.25) is 0 Å². The van der Waals surface area contributed by atoms with Crippen LogP contribution in [0.25, 0.3) is 0 Å². The van der Waals surface area contributed by atoms with Gasteiger partial charge in [-0.3, -0.25) is 4.79 Å². The first kappa shape index (κ1) is 19.8. The van der Waals surface area contributed by atoms with Crippen molar-refractivity contribution in [3.8, 4) is 11.5 Å². The van der Waals surface area contributed by atoms with Crippen molar-refractivity contribution in [2.75, 3.05) is 19.0 Å². The second-order valence-corrected chi connectivity index (χ2v) is 6.34. The number of ether oxygens (including phenoxy) is 2. The van der Waals surface area contributed by atoms with Gasteiger partial charge in [0.15, 0.2) is 18.1 Å². The number of carbonyl (C=O) groups is 1. The molecule has 0 radical (unpaired) electrons. The summed E-state index contributed by atoms with van der Waals surface area (Å²) >= 11 is 0. The SMILES string of the molecule is CC[C@@H](C)NCc1cccc(OC)c1OCC(=O)Nc1ccc(C)cc1. The Hall–Kier alpha value is -2.53. The zero-order valence-electron chi connectivity index (χ0n) is 16.0. The molecule has 0 heterocycles. The number of hydrogen-bond donors (Lipinski definition) is 2. The molecule has 140 valence electrons. The molecule has 1 amide bonds. The molecule has 0 aromatic heterocycles. The molecule has 0 unspecified atom stereocenters. The fraction of sp³-hybridized carbons (Fsp3) is 0.381. The Morgan fingerprint density at radius 3 is 2.54 bits per heavy atom. The molecule has 2 aromatic rings. The predicted octanol–water partition coefficient (Wildman–Crippen LogP) is 3.91. The summed E-state index contributed by atoms with van der Waals surface area (Å²) in [5, 5.41) is 6.27. The minimum Gasteiger partial charge on any atom is -0.493 e. The van der Waals surface area contributed by atoms with Gasteiger partial charge in [0.1, 0.15) is 0 Å². The number of para-hydroxylation sites is 1. The van der Waals surface area contributed by atoms with Crippen molar-refractivity contribution in [1.29, 1.82) is 0 Å². The maximum Gasteiger partial charge on any atom is 0.262 e. The lowest BCUT2D eigenvalue weighted by Crippen LogP contribution is -2.25. The highest BCUT2D eigenvalue weighted by atomic mass is 16.5. The van der Waals surface area contributed by atoms with Crippen LogP contribution in [0.1, 0.15) is 31.4 Å². The van der Waals surface area contributed by atoms with Crippen LogP contribution in [-0.2, 0) is 11.3 Å². The van der Waals surface area contributed by atoms with Gasteiger partial charge in [0.25, 0.3) is 5.91 Å². The molecule has 1 atom stereocenters. The number of carbonyl (C=O) groups excluding carboxylic acids is 1. The van der Waals surface area contributed by atoms with Crippen LogP contribution < -0.4 is 20.1 Å². The van der Waals surface area contributed by atoms with Crippen molar-refractivity contribution in [2.24, 2.45) is 0 Å². The van der Waals surface area contributed by atoms with E-state index in [0.29, 0.717) is 24.1 Å². The van der Waals surface area contributed by atoms with Crippen molar-refractivity contribution in [2.45, 2.75) is 39.8 Å². The first-order valence-corrected chi connectivity index (χ1v) is 8.92. The number of amides is 1. The second kappa shape index (κ2) is 9.82. The standard InChI is InChI=1S/C21H28N2O3/c1-5-16(3)22-13-17-7-6-8-19(25-4)21(17)26-14-20(24)23-18-11-9-15(2)10-12-18/h6-12,16,22H,5,13-14H2,1-4H3,(H,23,24)/t16-/m1/s1. The van der Waals surface area contributed by atoms with E-state index in [-0.39, 0.29) is 12.5 Å². The van der Waals surface area contributed by atoms with Gasteiger partial charge in [0.05, 0.1) is 7.11 Å². The Morgan fingerprint density at radius 1 is 1.15 bits per heavy atom. The maximum atomic E-state index is 12.2. The van der Waals surface area contributed by atoms with Crippen LogP contribution in [0.5, 0.6) is 11.5 Å². The molecule has 2 aromatic carbocycles. The van der Waals surface area contributed by atoms with Crippen LogP contribution in [0, 0.1) is 6.92 Å². The van der Waals surface area contributed by atoms with E-state index in [0.717, 1.165) is 23.2 Å². The molecule has 5 nitrogen and oxygen atoms in total. The quantitative estimate of drug-likeness (QED) is 0.715. The smallest absolute Gasteiger partial charge is 0.262 e. The van der Waals surface area contributed by atoms with Gasteiger partial charge in [0, 0.05) is 23.8 Å². The maximum absolute atomic E-state index is 12.2. The molecule has 0 aliphatic heterocycles. The third kappa shape index (κ3) is 5.77. The lowest BCUT2D eigenvalue weighted by Gasteiger charge is -2.17. The molecule has 26 heavy (non-hydrogen) atoms. The first-order valence-electron chi connectivity index (χ1n) is 8.92. The average Bonchev–Trinajstić information content (AvgIpc) is 2.66. The first-order chi connectivity index (χ1) is 12.5. The van der Waals surface area contributed by atoms with Crippen LogP contribution in [0.15, 0.2) is 42.5 Å². The number of methoxy groups -OCH3 is 1. The van der Waals surface area contributed by atoms with Gasteiger partial charge in [-0.15, -0.1) is 0 Å².